The standard InChI is InChI=1S/C66H44N2/c1-4-14-45(15-5-1)54-41-55(46-16-6-2-7-17-46)43-59(42-54)67(57-33-26-47(27-34-57)51-31-37-61-53(40-51)25-24-49-18-10-12-22-60(49)61)58-35-28-48(29-36-58)52-32-38-63-64-39-30-50-19-11-13-23-62(50)66(64)68(65(63)44-52)56-20-8-3-9-21-56/h1-44H. The minimum Gasteiger partial charge on any atom is -0.310 e. The van der Waals surface area contributed by atoms with Gasteiger partial charge in [0.25, 0.3) is 0 Å². The summed E-state index contributed by atoms with van der Waals surface area (Å²) >= 11 is 0. The van der Waals surface area contributed by atoms with Gasteiger partial charge in [0.2, 0.25) is 0 Å². The molecule has 0 unspecified atom stereocenters. The monoisotopic (exact) mass is 864 g/mol. The molecule has 0 amide bonds. The summed E-state index contributed by atoms with van der Waals surface area (Å²) < 4.78 is 2.44. The van der Waals surface area contributed by atoms with E-state index in [1.165, 1.54) is 93.1 Å². The molecule has 0 spiro atoms. The summed E-state index contributed by atoms with van der Waals surface area (Å²) in [6.07, 6.45) is 0. The summed E-state index contributed by atoms with van der Waals surface area (Å²) in [5, 5.41) is 10.1. The highest BCUT2D eigenvalue weighted by Gasteiger charge is 2.19. The molecule has 1 heterocycles. The molecule has 0 fully saturated rings. The van der Waals surface area contributed by atoms with Gasteiger partial charge in [0, 0.05) is 38.9 Å². The van der Waals surface area contributed by atoms with Crippen molar-refractivity contribution in [2.24, 2.45) is 0 Å². The molecule has 0 aliphatic carbocycles. The van der Waals surface area contributed by atoms with E-state index in [-0.39, 0.29) is 0 Å². The topological polar surface area (TPSA) is 8.17 Å². The Morgan fingerprint density at radius 1 is 0.235 bits per heavy atom. The largest absolute Gasteiger partial charge is 0.310 e. The average Bonchev–Trinajstić information content (AvgIpc) is 3.76. The maximum Gasteiger partial charge on any atom is 0.0619 e. The van der Waals surface area contributed by atoms with Crippen molar-refractivity contribution in [1.82, 2.24) is 4.57 Å². The summed E-state index contributed by atoms with van der Waals surface area (Å²) in [7, 11) is 0. The van der Waals surface area contributed by atoms with Crippen molar-refractivity contribution in [3.8, 4) is 50.2 Å². The summed E-state index contributed by atoms with van der Waals surface area (Å²) in [6.45, 7) is 0. The Morgan fingerprint density at radius 2 is 0.676 bits per heavy atom. The number of anilines is 3. The highest BCUT2D eigenvalue weighted by molar-refractivity contribution is 6.19. The van der Waals surface area contributed by atoms with Gasteiger partial charge in [0.05, 0.1) is 11.0 Å². The van der Waals surface area contributed by atoms with Gasteiger partial charge in [-0.3, -0.25) is 0 Å². The molecular formula is C66H44N2. The van der Waals surface area contributed by atoms with Gasteiger partial charge in [0.15, 0.2) is 0 Å². The molecule has 0 aliphatic rings. The van der Waals surface area contributed by atoms with Crippen LogP contribution in [0.3, 0.4) is 0 Å². The number of rotatable bonds is 8. The lowest BCUT2D eigenvalue weighted by atomic mass is 9.96. The van der Waals surface area contributed by atoms with Crippen LogP contribution in [0.15, 0.2) is 267 Å². The third kappa shape index (κ3) is 6.90. The fraction of sp³-hybridized carbons (Fsp3) is 0. The van der Waals surface area contributed by atoms with Gasteiger partial charge in [-0.2, -0.15) is 0 Å². The molecule has 12 aromatic carbocycles. The Balaban J connectivity index is 0.942. The molecule has 68 heavy (non-hydrogen) atoms. The number of para-hydroxylation sites is 1. The molecule has 1 aromatic heterocycles. The van der Waals surface area contributed by atoms with Gasteiger partial charge >= 0.3 is 0 Å². The molecule has 2 heteroatoms. The highest BCUT2D eigenvalue weighted by atomic mass is 15.1. The van der Waals surface area contributed by atoms with E-state index < -0.39 is 0 Å². The van der Waals surface area contributed by atoms with Crippen LogP contribution in [0.25, 0.3) is 104 Å². The van der Waals surface area contributed by atoms with Crippen LogP contribution in [0.2, 0.25) is 0 Å². The number of hydrogen-bond donors (Lipinski definition) is 0. The highest BCUT2D eigenvalue weighted by Crippen LogP contribution is 2.43. The van der Waals surface area contributed by atoms with E-state index >= 15 is 0 Å². The number of fused-ring (bicyclic) bond motifs is 8. The van der Waals surface area contributed by atoms with E-state index in [9.17, 15) is 0 Å². The van der Waals surface area contributed by atoms with Crippen molar-refractivity contribution < 1.29 is 0 Å². The van der Waals surface area contributed by atoms with Crippen molar-refractivity contribution in [3.63, 3.8) is 0 Å². The Hall–Kier alpha value is -8.98. The van der Waals surface area contributed by atoms with E-state index in [0.717, 1.165) is 28.3 Å². The van der Waals surface area contributed by atoms with Crippen LogP contribution in [0, 0.1) is 0 Å². The smallest absolute Gasteiger partial charge is 0.0619 e. The molecule has 0 saturated carbocycles. The summed E-state index contributed by atoms with van der Waals surface area (Å²) in [6, 6.07) is 97.5. The number of benzene rings is 12. The van der Waals surface area contributed by atoms with Gasteiger partial charge in [-0.15, -0.1) is 0 Å². The van der Waals surface area contributed by atoms with Crippen LogP contribution in [0.5, 0.6) is 0 Å². The first-order chi connectivity index (χ1) is 33.7. The fourth-order valence-corrected chi connectivity index (χ4v) is 10.4. The second-order valence-electron chi connectivity index (χ2n) is 17.7. The van der Waals surface area contributed by atoms with E-state index in [1.54, 1.807) is 0 Å². The zero-order valence-electron chi connectivity index (χ0n) is 37.3. The SMILES string of the molecule is c1ccc(-c2cc(-c3ccccc3)cc(N(c3ccc(-c4ccc5c(ccc6ccccc65)c4)cc3)c3ccc(-c4ccc5c6ccc7ccccc7c6n(-c6ccccc6)c5c4)cc3)c2)cc1. The molecule has 0 atom stereocenters. The van der Waals surface area contributed by atoms with E-state index in [4.69, 9.17) is 0 Å². The third-order valence-corrected chi connectivity index (χ3v) is 13.7. The molecule has 0 radical (unpaired) electrons. The maximum absolute atomic E-state index is 2.44. The molecule has 13 rings (SSSR count). The Morgan fingerprint density at radius 3 is 1.31 bits per heavy atom. The van der Waals surface area contributed by atoms with Crippen LogP contribution in [0.1, 0.15) is 0 Å². The van der Waals surface area contributed by atoms with Crippen molar-refractivity contribution in [1.29, 1.82) is 0 Å². The van der Waals surface area contributed by atoms with Crippen LogP contribution in [0.4, 0.5) is 17.1 Å². The molecule has 0 saturated heterocycles. The predicted octanol–water partition coefficient (Wildman–Crippen LogP) is 18.4. The first-order valence-corrected chi connectivity index (χ1v) is 23.4. The minimum absolute atomic E-state index is 1.08. The predicted molar refractivity (Wildman–Crippen MR) is 290 cm³/mol. The van der Waals surface area contributed by atoms with Crippen LogP contribution < -0.4 is 4.90 Å². The van der Waals surface area contributed by atoms with E-state index in [2.05, 4.69) is 276 Å². The van der Waals surface area contributed by atoms with Crippen LogP contribution >= 0.6 is 0 Å². The molecule has 0 N–H and O–H groups in total. The summed E-state index contributed by atoms with van der Waals surface area (Å²) in [5.74, 6) is 0. The molecule has 2 nitrogen and oxygen atoms in total. The van der Waals surface area contributed by atoms with Gasteiger partial charge in [0.1, 0.15) is 0 Å². The van der Waals surface area contributed by atoms with Gasteiger partial charge in [-0.25, -0.2) is 0 Å². The molecule has 318 valence electrons. The van der Waals surface area contributed by atoms with Gasteiger partial charge in [-0.05, 0) is 138 Å². The summed E-state index contributed by atoms with van der Waals surface area (Å²) in [4.78, 5) is 2.40. The normalized spacial score (nSPS) is 11.5. The molecule has 0 aliphatic heterocycles. The lowest BCUT2D eigenvalue weighted by Gasteiger charge is -2.27. The second-order valence-corrected chi connectivity index (χ2v) is 17.7. The van der Waals surface area contributed by atoms with E-state index in [0.29, 0.717) is 0 Å². The first-order valence-electron chi connectivity index (χ1n) is 23.4. The Labute approximate surface area is 395 Å². The first kappa shape index (κ1) is 39.4. The second kappa shape index (κ2) is 16.5. The number of aromatic nitrogens is 1. The number of nitrogens with zero attached hydrogens (tertiary/aromatic N) is 2. The quantitative estimate of drug-likeness (QED) is 0.138. The van der Waals surface area contributed by atoms with Crippen LogP contribution in [-0.2, 0) is 0 Å². The maximum atomic E-state index is 2.44. The Kier molecular flexibility index (Phi) is 9.54. The molecule has 13 aromatic rings. The van der Waals surface area contributed by atoms with Crippen LogP contribution in [-0.4, -0.2) is 4.57 Å². The molecule has 0 bridgehead atoms. The fourth-order valence-electron chi connectivity index (χ4n) is 10.4. The zero-order chi connectivity index (χ0) is 45.0. The molecular weight excluding hydrogens is 821 g/mol. The summed E-state index contributed by atoms with van der Waals surface area (Å²) in [5.41, 5.74) is 16.2. The van der Waals surface area contributed by atoms with Crippen molar-refractivity contribution in [3.05, 3.63) is 267 Å². The lowest BCUT2D eigenvalue weighted by Crippen LogP contribution is -2.10. The van der Waals surface area contributed by atoms with E-state index in [1.807, 2.05) is 0 Å². The van der Waals surface area contributed by atoms with Gasteiger partial charge < -0.3 is 9.47 Å². The Bertz CT molecular complexity index is 3930. The average molecular weight is 865 g/mol. The lowest BCUT2D eigenvalue weighted by molar-refractivity contribution is 1.19. The zero-order valence-corrected chi connectivity index (χ0v) is 37.3. The van der Waals surface area contributed by atoms with Crippen molar-refractivity contribution in [2.75, 3.05) is 4.90 Å². The van der Waals surface area contributed by atoms with Gasteiger partial charge in [-0.1, -0.05) is 200 Å². The van der Waals surface area contributed by atoms with Crippen molar-refractivity contribution >= 4 is 71.2 Å². The number of hydrogen-bond acceptors (Lipinski definition) is 1. The minimum atomic E-state index is 1.08. The third-order valence-electron chi connectivity index (χ3n) is 13.7. The van der Waals surface area contributed by atoms with Crippen molar-refractivity contribution in [2.45, 2.75) is 0 Å².